The van der Waals surface area contributed by atoms with Gasteiger partial charge in [-0.1, -0.05) is 72.8 Å². The summed E-state index contributed by atoms with van der Waals surface area (Å²) in [6.45, 7) is 0. The summed E-state index contributed by atoms with van der Waals surface area (Å²) in [6, 6.07) is 48.1. The third kappa shape index (κ3) is 3.58. The third-order valence-electron chi connectivity index (χ3n) is 8.52. The first-order valence-corrected chi connectivity index (χ1v) is 14.6. The minimum atomic E-state index is 0.645. The van der Waals surface area contributed by atoms with E-state index in [2.05, 4.69) is 94.0 Å². The zero-order chi connectivity index (χ0) is 29.2. The monoisotopic (exact) mass is 561 g/mol. The molecule has 0 bridgehead atoms. The van der Waals surface area contributed by atoms with Crippen LogP contribution in [0.5, 0.6) is 0 Å². The molecule has 0 unspecified atom stereocenters. The Balaban J connectivity index is 1.27. The van der Waals surface area contributed by atoms with Gasteiger partial charge in [-0.05, 0) is 71.8 Å². The average Bonchev–Trinajstić information content (AvgIpc) is 3.64. The van der Waals surface area contributed by atoms with Crippen molar-refractivity contribution in [3.8, 4) is 34.1 Å². The van der Waals surface area contributed by atoms with Crippen LogP contribution in [0.15, 0.2) is 140 Å². The quantitative estimate of drug-likeness (QED) is 0.216. The SMILES string of the molecule is N#Cc1ccc2c3cc(-c4cccc(-c5nc6ccccc6c6nc7ccccn7c56)c4)ccc3n(-c3ccccc3)c2c1. The highest BCUT2D eigenvalue weighted by Crippen LogP contribution is 2.38. The number of pyridine rings is 2. The van der Waals surface area contributed by atoms with Crippen LogP contribution in [0.4, 0.5) is 0 Å². The van der Waals surface area contributed by atoms with Crippen LogP contribution in [0.3, 0.4) is 0 Å². The van der Waals surface area contributed by atoms with Gasteiger partial charge in [0.1, 0.15) is 11.2 Å². The van der Waals surface area contributed by atoms with E-state index in [1.165, 1.54) is 0 Å². The van der Waals surface area contributed by atoms with Crippen molar-refractivity contribution in [3.05, 3.63) is 145 Å². The second-order valence-corrected chi connectivity index (χ2v) is 11.0. The molecule has 9 aromatic rings. The predicted molar refractivity (Wildman–Crippen MR) is 178 cm³/mol. The molecule has 4 aromatic heterocycles. The second kappa shape index (κ2) is 9.38. The molecular formula is C39H23N5. The molecule has 44 heavy (non-hydrogen) atoms. The van der Waals surface area contributed by atoms with E-state index in [1.807, 2.05) is 60.7 Å². The van der Waals surface area contributed by atoms with Gasteiger partial charge in [0.25, 0.3) is 0 Å². The van der Waals surface area contributed by atoms with Gasteiger partial charge in [0.2, 0.25) is 0 Å². The lowest BCUT2D eigenvalue weighted by Gasteiger charge is -2.10. The highest BCUT2D eigenvalue weighted by molar-refractivity contribution is 6.11. The van der Waals surface area contributed by atoms with E-state index in [0.717, 1.165) is 77.5 Å². The van der Waals surface area contributed by atoms with E-state index >= 15 is 0 Å². The Morgan fingerprint density at radius 2 is 1.39 bits per heavy atom. The number of hydrogen-bond donors (Lipinski definition) is 0. The van der Waals surface area contributed by atoms with Gasteiger partial charge in [-0.2, -0.15) is 5.26 Å². The summed E-state index contributed by atoms with van der Waals surface area (Å²) in [5, 5.41) is 13.0. The maximum Gasteiger partial charge on any atom is 0.137 e. The molecule has 9 rings (SSSR count). The Kier molecular flexibility index (Phi) is 5.19. The van der Waals surface area contributed by atoms with Gasteiger partial charge in [0.15, 0.2) is 0 Å². The molecule has 204 valence electrons. The fourth-order valence-corrected chi connectivity index (χ4v) is 6.53. The summed E-state index contributed by atoms with van der Waals surface area (Å²) in [6.07, 6.45) is 2.06. The van der Waals surface area contributed by atoms with Crippen LogP contribution >= 0.6 is 0 Å². The Morgan fingerprint density at radius 1 is 0.568 bits per heavy atom. The topological polar surface area (TPSA) is 58.9 Å². The highest BCUT2D eigenvalue weighted by Gasteiger charge is 2.18. The summed E-state index contributed by atoms with van der Waals surface area (Å²) < 4.78 is 4.38. The van der Waals surface area contributed by atoms with Crippen LogP contribution in [0.1, 0.15) is 5.56 Å². The molecule has 4 heterocycles. The van der Waals surface area contributed by atoms with Gasteiger partial charge in [-0.3, -0.25) is 4.40 Å². The fraction of sp³-hybridized carbons (Fsp3) is 0. The van der Waals surface area contributed by atoms with Crippen molar-refractivity contribution in [1.29, 1.82) is 5.26 Å². The van der Waals surface area contributed by atoms with Gasteiger partial charge >= 0.3 is 0 Å². The van der Waals surface area contributed by atoms with E-state index in [9.17, 15) is 5.26 Å². The van der Waals surface area contributed by atoms with Crippen LogP contribution < -0.4 is 0 Å². The first kappa shape index (κ1) is 24.4. The fourth-order valence-electron chi connectivity index (χ4n) is 6.53. The maximum absolute atomic E-state index is 9.65. The lowest BCUT2D eigenvalue weighted by Crippen LogP contribution is -1.93. The molecule has 0 spiro atoms. The molecule has 0 saturated heterocycles. The number of hydrogen-bond acceptors (Lipinski definition) is 3. The van der Waals surface area contributed by atoms with Crippen molar-refractivity contribution in [1.82, 2.24) is 18.9 Å². The van der Waals surface area contributed by atoms with Crippen molar-refractivity contribution < 1.29 is 0 Å². The molecule has 5 nitrogen and oxygen atoms in total. The van der Waals surface area contributed by atoms with Crippen LogP contribution in [-0.2, 0) is 0 Å². The van der Waals surface area contributed by atoms with Crippen molar-refractivity contribution >= 4 is 49.4 Å². The number of nitriles is 1. The van der Waals surface area contributed by atoms with Crippen LogP contribution in [0, 0.1) is 11.3 Å². The summed E-state index contributed by atoms with van der Waals surface area (Å²) in [7, 11) is 0. The molecule has 0 fully saturated rings. The highest BCUT2D eigenvalue weighted by atomic mass is 15.0. The van der Waals surface area contributed by atoms with E-state index in [-0.39, 0.29) is 0 Å². The lowest BCUT2D eigenvalue weighted by molar-refractivity contribution is 1.18. The van der Waals surface area contributed by atoms with Gasteiger partial charge in [-0.25, -0.2) is 9.97 Å². The van der Waals surface area contributed by atoms with Gasteiger partial charge in [0.05, 0.1) is 39.4 Å². The molecule has 0 aliphatic rings. The normalized spacial score (nSPS) is 11.6. The molecule has 5 aromatic carbocycles. The minimum Gasteiger partial charge on any atom is -0.309 e. The Labute approximate surface area is 252 Å². The van der Waals surface area contributed by atoms with E-state index in [0.29, 0.717) is 5.56 Å². The summed E-state index contributed by atoms with van der Waals surface area (Å²) in [4.78, 5) is 10.2. The number of rotatable bonds is 3. The van der Waals surface area contributed by atoms with E-state index in [1.54, 1.807) is 0 Å². The van der Waals surface area contributed by atoms with E-state index < -0.39 is 0 Å². The zero-order valence-corrected chi connectivity index (χ0v) is 23.5. The third-order valence-corrected chi connectivity index (χ3v) is 8.52. The predicted octanol–water partition coefficient (Wildman–Crippen LogP) is 9.34. The summed E-state index contributed by atoms with van der Waals surface area (Å²) in [5.41, 5.74) is 11.8. The van der Waals surface area contributed by atoms with Gasteiger partial charge in [-0.15, -0.1) is 0 Å². The molecule has 0 aliphatic heterocycles. The largest absolute Gasteiger partial charge is 0.309 e. The van der Waals surface area contributed by atoms with Crippen molar-refractivity contribution in [2.24, 2.45) is 0 Å². The molecular weight excluding hydrogens is 538 g/mol. The Bertz CT molecular complexity index is 2620. The van der Waals surface area contributed by atoms with Crippen LogP contribution in [-0.4, -0.2) is 18.9 Å². The second-order valence-electron chi connectivity index (χ2n) is 11.0. The molecule has 5 heteroatoms. The van der Waals surface area contributed by atoms with E-state index in [4.69, 9.17) is 9.97 Å². The van der Waals surface area contributed by atoms with Crippen molar-refractivity contribution in [3.63, 3.8) is 0 Å². The summed E-state index contributed by atoms with van der Waals surface area (Å²) >= 11 is 0. The smallest absolute Gasteiger partial charge is 0.137 e. The zero-order valence-electron chi connectivity index (χ0n) is 23.5. The summed E-state index contributed by atoms with van der Waals surface area (Å²) in [5.74, 6) is 0. The lowest BCUT2D eigenvalue weighted by atomic mass is 9.98. The number of fused-ring (bicyclic) bond motifs is 8. The first-order chi connectivity index (χ1) is 21.8. The molecule has 0 amide bonds. The minimum absolute atomic E-state index is 0.645. The van der Waals surface area contributed by atoms with Gasteiger partial charge in [0, 0.05) is 33.6 Å². The van der Waals surface area contributed by atoms with Crippen LogP contribution in [0.25, 0.3) is 77.5 Å². The first-order valence-electron chi connectivity index (χ1n) is 14.6. The number of imidazole rings is 1. The molecule has 0 atom stereocenters. The number of aromatic nitrogens is 4. The maximum atomic E-state index is 9.65. The number of benzene rings is 5. The van der Waals surface area contributed by atoms with Crippen molar-refractivity contribution in [2.45, 2.75) is 0 Å². The van der Waals surface area contributed by atoms with Crippen LogP contribution in [0.2, 0.25) is 0 Å². The van der Waals surface area contributed by atoms with Crippen molar-refractivity contribution in [2.75, 3.05) is 0 Å². The average molecular weight is 562 g/mol. The van der Waals surface area contributed by atoms with Gasteiger partial charge < -0.3 is 4.57 Å². The molecule has 0 aliphatic carbocycles. The number of para-hydroxylation sites is 2. The Morgan fingerprint density at radius 3 is 2.30 bits per heavy atom. The molecule has 0 saturated carbocycles. The molecule has 0 N–H and O–H groups in total. The number of nitrogens with zero attached hydrogens (tertiary/aromatic N) is 5. The standard InChI is InChI=1S/C39H23N5/c40-24-25-16-18-30-32-23-27(17-19-34(32)44(35(30)21-25)29-11-2-1-3-12-29)26-9-8-10-28(22-26)37-39-38(31-13-4-5-14-33(31)41-37)42-36-15-6-7-20-43(36)39/h1-23H. The Hall–Kier alpha value is -6.25. The molecule has 0 radical (unpaired) electrons.